The lowest BCUT2D eigenvalue weighted by atomic mass is 10.3. The minimum absolute atomic E-state index is 0.209. The molecule has 0 fully saturated rings. The van der Waals surface area contributed by atoms with Gasteiger partial charge in [0.15, 0.2) is 5.13 Å². The molecule has 0 bridgehead atoms. The van der Waals surface area contributed by atoms with E-state index in [1.807, 2.05) is 24.3 Å². The van der Waals surface area contributed by atoms with Crippen molar-refractivity contribution in [2.75, 3.05) is 12.4 Å². The first-order chi connectivity index (χ1) is 8.19. The molecular formula is C11H10N2O3S. The molecule has 2 N–H and O–H groups in total. The molecule has 0 radical (unpaired) electrons. The second-order valence-corrected chi connectivity index (χ2v) is 4.22. The van der Waals surface area contributed by atoms with E-state index in [0.29, 0.717) is 5.13 Å². The zero-order chi connectivity index (χ0) is 12.3. The number of nitrogens with zero attached hydrogens (tertiary/aromatic N) is 1. The maximum absolute atomic E-state index is 10.7. The quantitative estimate of drug-likeness (QED) is 0.872. The Morgan fingerprint density at radius 1 is 1.41 bits per heavy atom. The van der Waals surface area contributed by atoms with Crippen LogP contribution in [0.25, 0.3) is 0 Å². The molecule has 0 spiro atoms. The van der Waals surface area contributed by atoms with Crippen molar-refractivity contribution in [3.63, 3.8) is 0 Å². The zero-order valence-electron chi connectivity index (χ0n) is 9.01. The highest BCUT2D eigenvalue weighted by atomic mass is 32.1. The Kier molecular flexibility index (Phi) is 3.24. The van der Waals surface area contributed by atoms with Gasteiger partial charge in [-0.05, 0) is 24.3 Å². The molecule has 0 aliphatic carbocycles. The van der Waals surface area contributed by atoms with E-state index in [4.69, 9.17) is 9.84 Å². The highest BCUT2D eigenvalue weighted by Crippen LogP contribution is 2.23. The summed E-state index contributed by atoms with van der Waals surface area (Å²) in [4.78, 5) is 14.9. The molecular weight excluding hydrogens is 240 g/mol. The van der Waals surface area contributed by atoms with E-state index in [0.717, 1.165) is 22.8 Å². The van der Waals surface area contributed by atoms with Crippen molar-refractivity contribution in [1.29, 1.82) is 0 Å². The molecule has 0 aliphatic rings. The summed E-state index contributed by atoms with van der Waals surface area (Å²) in [5, 5.41) is 12.3. The number of aromatic carboxylic acids is 1. The van der Waals surface area contributed by atoms with Crippen molar-refractivity contribution in [2.45, 2.75) is 0 Å². The average Bonchev–Trinajstić information content (AvgIpc) is 2.79. The van der Waals surface area contributed by atoms with Gasteiger partial charge in [0.25, 0.3) is 0 Å². The summed E-state index contributed by atoms with van der Waals surface area (Å²) in [6.45, 7) is 0. The van der Waals surface area contributed by atoms with E-state index in [-0.39, 0.29) is 4.88 Å². The number of hydrogen-bond acceptors (Lipinski definition) is 5. The summed E-state index contributed by atoms with van der Waals surface area (Å²) in [6, 6.07) is 7.30. The van der Waals surface area contributed by atoms with Crippen LogP contribution >= 0.6 is 11.3 Å². The maximum Gasteiger partial charge on any atom is 0.347 e. The molecule has 2 aromatic rings. The number of benzene rings is 1. The van der Waals surface area contributed by atoms with Crippen LogP contribution in [0.1, 0.15) is 9.67 Å². The number of methoxy groups -OCH3 is 1. The molecule has 0 amide bonds. The third kappa shape index (κ3) is 2.73. The number of thiazole rings is 1. The molecule has 6 heteroatoms. The Morgan fingerprint density at radius 3 is 2.65 bits per heavy atom. The summed E-state index contributed by atoms with van der Waals surface area (Å²) in [6.07, 6.45) is 1.33. The van der Waals surface area contributed by atoms with Crippen molar-refractivity contribution in [3.05, 3.63) is 35.3 Å². The van der Waals surface area contributed by atoms with Crippen LogP contribution in [0, 0.1) is 0 Å². The van der Waals surface area contributed by atoms with E-state index >= 15 is 0 Å². The number of hydrogen-bond donors (Lipinski definition) is 2. The fourth-order valence-corrected chi connectivity index (χ4v) is 1.90. The molecule has 2 rings (SSSR count). The van der Waals surface area contributed by atoms with Gasteiger partial charge in [0.2, 0.25) is 0 Å². The minimum Gasteiger partial charge on any atom is -0.497 e. The number of aromatic nitrogens is 1. The SMILES string of the molecule is COc1ccc(Nc2ncc(C(=O)O)s2)cc1. The summed E-state index contributed by atoms with van der Waals surface area (Å²) in [5.74, 6) is -0.203. The average molecular weight is 250 g/mol. The van der Waals surface area contributed by atoms with E-state index < -0.39 is 5.97 Å². The molecule has 17 heavy (non-hydrogen) atoms. The molecule has 88 valence electrons. The number of carbonyl (C=O) groups is 1. The van der Waals surface area contributed by atoms with Crippen LogP contribution in [0.3, 0.4) is 0 Å². The highest BCUT2D eigenvalue weighted by Gasteiger charge is 2.08. The first kappa shape index (κ1) is 11.4. The number of carboxylic acid groups (broad SMARTS) is 1. The molecule has 1 aromatic carbocycles. The molecule has 1 heterocycles. The van der Waals surface area contributed by atoms with E-state index in [2.05, 4.69) is 10.3 Å². The van der Waals surface area contributed by atoms with Crippen molar-refractivity contribution < 1.29 is 14.6 Å². The van der Waals surface area contributed by atoms with Gasteiger partial charge in [-0.25, -0.2) is 9.78 Å². The van der Waals surface area contributed by atoms with Crippen molar-refractivity contribution >= 4 is 28.1 Å². The highest BCUT2D eigenvalue weighted by molar-refractivity contribution is 7.17. The van der Waals surface area contributed by atoms with Gasteiger partial charge in [-0.1, -0.05) is 11.3 Å². The normalized spacial score (nSPS) is 9.94. The Hall–Kier alpha value is -2.08. The fourth-order valence-electron chi connectivity index (χ4n) is 1.23. The largest absolute Gasteiger partial charge is 0.497 e. The number of nitrogens with one attached hydrogen (secondary N) is 1. The minimum atomic E-state index is -0.967. The lowest BCUT2D eigenvalue weighted by Gasteiger charge is -2.03. The fraction of sp³-hybridized carbons (Fsp3) is 0.0909. The molecule has 0 unspecified atom stereocenters. The van der Waals surface area contributed by atoms with E-state index in [1.54, 1.807) is 7.11 Å². The zero-order valence-corrected chi connectivity index (χ0v) is 9.82. The Balaban J connectivity index is 2.11. The van der Waals surface area contributed by atoms with Crippen molar-refractivity contribution in [2.24, 2.45) is 0 Å². The number of carboxylic acids is 1. The van der Waals surface area contributed by atoms with Gasteiger partial charge in [-0.15, -0.1) is 0 Å². The molecule has 0 atom stereocenters. The first-order valence-corrected chi connectivity index (χ1v) is 5.61. The van der Waals surface area contributed by atoms with Crippen LogP contribution in [-0.4, -0.2) is 23.2 Å². The molecule has 1 aromatic heterocycles. The first-order valence-electron chi connectivity index (χ1n) is 4.79. The van der Waals surface area contributed by atoms with Gasteiger partial charge >= 0.3 is 5.97 Å². The van der Waals surface area contributed by atoms with E-state index in [9.17, 15) is 4.79 Å². The third-order valence-corrected chi connectivity index (χ3v) is 2.96. The van der Waals surface area contributed by atoms with Gasteiger partial charge < -0.3 is 15.2 Å². The van der Waals surface area contributed by atoms with Gasteiger partial charge in [0.05, 0.1) is 13.3 Å². The Bertz CT molecular complexity index is 522. The summed E-state index contributed by atoms with van der Waals surface area (Å²) in [5.41, 5.74) is 0.831. The van der Waals surface area contributed by atoms with Gasteiger partial charge in [-0.3, -0.25) is 0 Å². The Morgan fingerprint density at radius 2 is 2.12 bits per heavy atom. The maximum atomic E-state index is 10.7. The topological polar surface area (TPSA) is 71.5 Å². The predicted molar refractivity (Wildman–Crippen MR) is 65.4 cm³/mol. The second-order valence-electron chi connectivity index (χ2n) is 3.19. The van der Waals surface area contributed by atoms with Crippen molar-refractivity contribution in [3.8, 4) is 5.75 Å². The van der Waals surface area contributed by atoms with E-state index in [1.165, 1.54) is 6.20 Å². The molecule has 0 saturated heterocycles. The summed E-state index contributed by atoms with van der Waals surface area (Å²) < 4.78 is 5.04. The summed E-state index contributed by atoms with van der Waals surface area (Å²) >= 11 is 1.09. The van der Waals surface area contributed by atoms with Crippen LogP contribution in [0.2, 0.25) is 0 Å². The van der Waals surface area contributed by atoms with Gasteiger partial charge in [0.1, 0.15) is 10.6 Å². The standard InChI is InChI=1S/C11H10N2O3S/c1-16-8-4-2-7(3-5-8)13-11-12-6-9(17-11)10(14)15/h2-6H,1H3,(H,12,13)(H,14,15). The number of rotatable bonds is 4. The van der Waals surface area contributed by atoms with Crippen LogP contribution in [0.5, 0.6) is 5.75 Å². The van der Waals surface area contributed by atoms with Crippen LogP contribution in [0.15, 0.2) is 30.5 Å². The Labute approximate surface area is 102 Å². The van der Waals surface area contributed by atoms with Crippen LogP contribution in [-0.2, 0) is 0 Å². The van der Waals surface area contributed by atoms with Crippen molar-refractivity contribution in [1.82, 2.24) is 4.98 Å². The van der Waals surface area contributed by atoms with Crippen LogP contribution in [0.4, 0.5) is 10.8 Å². The lowest BCUT2D eigenvalue weighted by molar-refractivity contribution is 0.0702. The number of anilines is 2. The van der Waals surface area contributed by atoms with Crippen LogP contribution < -0.4 is 10.1 Å². The predicted octanol–water partition coefficient (Wildman–Crippen LogP) is 2.59. The summed E-state index contributed by atoms with van der Waals surface area (Å²) in [7, 11) is 1.60. The molecule has 5 nitrogen and oxygen atoms in total. The number of ether oxygens (including phenoxy) is 1. The second kappa shape index (κ2) is 4.84. The monoisotopic (exact) mass is 250 g/mol. The molecule has 0 saturated carbocycles. The lowest BCUT2D eigenvalue weighted by Crippen LogP contribution is -1.90. The third-order valence-electron chi connectivity index (χ3n) is 2.06. The smallest absolute Gasteiger partial charge is 0.347 e. The van der Waals surface area contributed by atoms with Gasteiger partial charge in [0, 0.05) is 5.69 Å². The van der Waals surface area contributed by atoms with Gasteiger partial charge in [-0.2, -0.15) is 0 Å². The molecule has 0 aliphatic heterocycles.